The van der Waals surface area contributed by atoms with Crippen LogP contribution in [-0.2, 0) is 10.2 Å². The van der Waals surface area contributed by atoms with Crippen molar-refractivity contribution in [2.45, 2.75) is 52.9 Å². The van der Waals surface area contributed by atoms with Crippen LogP contribution >= 0.6 is 0 Å². The maximum atomic E-state index is 12.1. The monoisotopic (exact) mass is 339 g/mol. The van der Waals surface area contributed by atoms with Gasteiger partial charge in [-0.05, 0) is 60.6 Å². The summed E-state index contributed by atoms with van der Waals surface area (Å²) in [4.78, 5) is 12.1. The number of anilines is 1. The Labute approximate surface area is 151 Å². The van der Waals surface area contributed by atoms with Crippen molar-refractivity contribution in [3.05, 3.63) is 59.2 Å². The Morgan fingerprint density at radius 1 is 1.04 bits per heavy atom. The summed E-state index contributed by atoms with van der Waals surface area (Å²) in [6, 6.07) is 14.3. The number of nitrogens with one attached hydrogen (secondary N) is 1. The summed E-state index contributed by atoms with van der Waals surface area (Å²) in [6.45, 7) is 11.1. The van der Waals surface area contributed by atoms with E-state index in [-0.39, 0.29) is 11.3 Å². The standard InChI is InChI=1S/C22H29NO2/c1-16-8-9-17(2)20(15-16)23-21(24)7-6-14-25-19-12-10-18(11-13-19)22(3,4)5/h8-13,15H,6-7,14H2,1-5H3,(H,23,24). The molecule has 0 radical (unpaired) electrons. The Morgan fingerprint density at radius 3 is 2.36 bits per heavy atom. The third-order valence-electron chi connectivity index (χ3n) is 4.20. The topological polar surface area (TPSA) is 38.3 Å². The second kappa shape index (κ2) is 8.19. The van der Waals surface area contributed by atoms with Crippen LogP contribution in [-0.4, -0.2) is 12.5 Å². The SMILES string of the molecule is Cc1ccc(C)c(NC(=O)CCCOc2ccc(C(C)(C)C)cc2)c1. The average Bonchev–Trinajstić information content (AvgIpc) is 2.55. The lowest BCUT2D eigenvalue weighted by atomic mass is 9.87. The zero-order valence-electron chi connectivity index (χ0n) is 16.0. The van der Waals surface area contributed by atoms with Gasteiger partial charge in [-0.2, -0.15) is 0 Å². The van der Waals surface area contributed by atoms with Gasteiger partial charge in [0, 0.05) is 12.1 Å². The van der Waals surface area contributed by atoms with Gasteiger partial charge in [0.1, 0.15) is 5.75 Å². The first-order chi connectivity index (χ1) is 11.8. The first-order valence-corrected chi connectivity index (χ1v) is 8.86. The van der Waals surface area contributed by atoms with E-state index in [1.54, 1.807) is 0 Å². The van der Waals surface area contributed by atoms with Gasteiger partial charge in [-0.25, -0.2) is 0 Å². The predicted molar refractivity (Wildman–Crippen MR) is 104 cm³/mol. The second-order valence-corrected chi connectivity index (χ2v) is 7.59. The number of hydrogen-bond acceptors (Lipinski definition) is 2. The minimum Gasteiger partial charge on any atom is -0.494 e. The third-order valence-corrected chi connectivity index (χ3v) is 4.20. The minimum absolute atomic E-state index is 0.0281. The van der Waals surface area contributed by atoms with E-state index < -0.39 is 0 Å². The van der Waals surface area contributed by atoms with Gasteiger partial charge in [-0.3, -0.25) is 4.79 Å². The van der Waals surface area contributed by atoms with Gasteiger partial charge in [0.25, 0.3) is 0 Å². The Hall–Kier alpha value is -2.29. The normalized spacial score (nSPS) is 11.2. The van der Waals surface area contributed by atoms with Crippen molar-refractivity contribution < 1.29 is 9.53 Å². The fraction of sp³-hybridized carbons (Fsp3) is 0.409. The number of benzene rings is 2. The molecule has 0 unspecified atom stereocenters. The smallest absolute Gasteiger partial charge is 0.224 e. The molecule has 0 aromatic heterocycles. The van der Waals surface area contributed by atoms with Crippen LogP contribution in [0.25, 0.3) is 0 Å². The molecule has 1 N–H and O–H groups in total. The Morgan fingerprint density at radius 2 is 1.72 bits per heavy atom. The zero-order valence-corrected chi connectivity index (χ0v) is 16.0. The van der Waals surface area contributed by atoms with Gasteiger partial charge in [-0.1, -0.05) is 45.0 Å². The number of aryl methyl sites for hydroxylation is 2. The molecule has 134 valence electrons. The van der Waals surface area contributed by atoms with Crippen LogP contribution in [0.3, 0.4) is 0 Å². The summed E-state index contributed by atoms with van der Waals surface area (Å²) in [5.41, 5.74) is 4.54. The molecular weight excluding hydrogens is 310 g/mol. The van der Waals surface area contributed by atoms with E-state index in [4.69, 9.17) is 4.74 Å². The van der Waals surface area contributed by atoms with Gasteiger partial charge in [0.2, 0.25) is 5.91 Å². The molecule has 0 saturated carbocycles. The highest BCUT2D eigenvalue weighted by atomic mass is 16.5. The quantitative estimate of drug-likeness (QED) is 0.716. The Kier molecular flexibility index (Phi) is 6.24. The summed E-state index contributed by atoms with van der Waals surface area (Å²) in [7, 11) is 0. The van der Waals surface area contributed by atoms with E-state index in [2.05, 4.69) is 38.2 Å². The molecule has 1 amide bonds. The molecule has 0 aliphatic heterocycles. The van der Waals surface area contributed by atoms with Crippen molar-refractivity contribution in [1.29, 1.82) is 0 Å². The molecule has 0 bridgehead atoms. The Balaban J connectivity index is 1.75. The van der Waals surface area contributed by atoms with Crippen molar-refractivity contribution >= 4 is 11.6 Å². The molecule has 2 aromatic rings. The number of carbonyl (C=O) groups excluding carboxylic acids is 1. The Bertz CT molecular complexity index is 712. The number of amides is 1. The van der Waals surface area contributed by atoms with Crippen LogP contribution in [0, 0.1) is 13.8 Å². The van der Waals surface area contributed by atoms with Crippen molar-refractivity contribution in [3.63, 3.8) is 0 Å². The molecule has 3 heteroatoms. The van der Waals surface area contributed by atoms with Gasteiger partial charge in [0.05, 0.1) is 6.61 Å². The molecular formula is C22H29NO2. The molecule has 0 aliphatic rings. The third kappa shape index (κ3) is 5.93. The summed E-state index contributed by atoms with van der Waals surface area (Å²) in [5.74, 6) is 0.878. The van der Waals surface area contributed by atoms with Crippen LogP contribution < -0.4 is 10.1 Å². The molecule has 0 aliphatic carbocycles. The molecule has 25 heavy (non-hydrogen) atoms. The van der Waals surface area contributed by atoms with Gasteiger partial charge < -0.3 is 10.1 Å². The number of carbonyl (C=O) groups is 1. The molecule has 0 fully saturated rings. The first-order valence-electron chi connectivity index (χ1n) is 8.86. The van der Waals surface area contributed by atoms with Gasteiger partial charge in [0.15, 0.2) is 0 Å². The van der Waals surface area contributed by atoms with Crippen LogP contribution in [0.2, 0.25) is 0 Å². The molecule has 2 aromatic carbocycles. The fourth-order valence-corrected chi connectivity index (χ4v) is 2.56. The van der Waals surface area contributed by atoms with Crippen LogP contribution in [0.4, 0.5) is 5.69 Å². The van der Waals surface area contributed by atoms with E-state index in [0.717, 1.165) is 22.6 Å². The highest BCUT2D eigenvalue weighted by molar-refractivity contribution is 5.91. The fourth-order valence-electron chi connectivity index (χ4n) is 2.56. The first kappa shape index (κ1) is 19.0. The lowest BCUT2D eigenvalue weighted by molar-refractivity contribution is -0.116. The zero-order chi connectivity index (χ0) is 18.4. The van der Waals surface area contributed by atoms with E-state index >= 15 is 0 Å². The van der Waals surface area contributed by atoms with Crippen LogP contribution in [0.1, 0.15) is 50.3 Å². The summed E-state index contributed by atoms with van der Waals surface area (Å²) in [6.07, 6.45) is 1.14. The van der Waals surface area contributed by atoms with Crippen LogP contribution in [0.15, 0.2) is 42.5 Å². The van der Waals surface area contributed by atoms with E-state index in [1.165, 1.54) is 5.56 Å². The highest BCUT2D eigenvalue weighted by Gasteiger charge is 2.13. The highest BCUT2D eigenvalue weighted by Crippen LogP contribution is 2.24. The molecule has 0 saturated heterocycles. The number of rotatable bonds is 6. The van der Waals surface area contributed by atoms with E-state index in [9.17, 15) is 4.79 Å². The van der Waals surface area contributed by atoms with Gasteiger partial charge in [-0.15, -0.1) is 0 Å². The van der Waals surface area contributed by atoms with E-state index in [0.29, 0.717) is 19.4 Å². The van der Waals surface area contributed by atoms with E-state index in [1.807, 2.05) is 44.2 Å². The maximum absolute atomic E-state index is 12.1. The number of ether oxygens (including phenoxy) is 1. The summed E-state index contributed by atoms with van der Waals surface area (Å²) in [5, 5.41) is 2.98. The number of hydrogen-bond donors (Lipinski definition) is 1. The molecule has 3 nitrogen and oxygen atoms in total. The lowest BCUT2D eigenvalue weighted by Crippen LogP contribution is -2.14. The van der Waals surface area contributed by atoms with Crippen molar-refractivity contribution in [1.82, 2.24) is 0 Å². The van der Waals surface area contributed by atoms with Crippen molar-refractivity contribution in [2.24, 2.45) is 0 Å². The molecule has 2 rings (SSSR count). The largest absolute Gasteiger partial charge is 0.494 e. The van der Waals surface area contributed by atoms with Crippen LogP contribution in [0.5, 0.6) is 5.75 Å². The molecule has 0 heterocycles. The summed E-state index contributed by atoms with van der Waals surface area (Å²) < 4.78 is 5.74. The molecule has 0 atom stereocenters. The van der Waals surface area contributed by atoms with Gasteiger partial charge >= 0.3 is 0 Å². The second-order valence-electron chi connectivity index (χ2n) is 7.59. The minimum atomic E-state index is 0.0281. The average molecular weight is 339 g/mol. The molecule has 0 spiro atoms. The summed E-state index contributed by atoms with van der Waals surface area (Å²) >= 11 is 0. The van der Waals surface area contributed by atoms with Crippen molar-refractivity contribution in [3.8, 4) is 5.75 Å². The predicted octanol–water partition coefficient (Wildman–Crippen LogP) is 5.40. The maximum Gasteiger partial charge on any atom is 0.224 e. The lowest BCUT2D eigenvalue weighted by Gasteiger charge is -2.19. The van der Waals surface area contributed by atoms with Crippen molar-refractivity contribution in [2.75, 3.05) is 11.9 Å².